The Balaban J connectivity index is 1.76. The summed E-state index contributed by atoms with van der Waals surface area (Å²) in [4.78, 5) is 43.7. The summed E-state index contributed by atoms with van der Waals surface area (Å²) < 4.78 is 6.08. The van der Waals surface area contributed by atoms with E-state index in [2.05, 4.69) is 29.4 Å². The van der Waals surface area contributed by atoms with Crippen molar-refractivity contribution in [1.29, 1.82) is 0 Å². The first-order valence-electron chi connectivity index (χ1n) is 14.0. The van der Waals surface area contributed by atoms with Gasteiger partial charge in [-0.05, 0) is 78.1 Å². The molecule has 1 atom stereocenters. The zero-order chi connectivity index (χ0) is 27.9. The van der Waals surface area contributed by atoms with Crippen LogP contribution in [-0.2, 0) is 9.59 Å². The van der Waals surface area contributed by atoms with E-state index in [0.29, 0.717) is 56.8 Å². The van der Waals surface area contributed by atoms with Crippen molar-refractivity contribution in [1.82, 2.24) is 20.4 Å². The molecule has 210 valence electrons. The third-order valence-electron chi connectivity index (χ3n) is 7.78. The Morgan fingerprint density at radius 1 is 1.05 bits per heavy atom. The van der Waals surface area contributed by atoms with E-state index in [1.165, 1.54) is 0 Å². The van der Waals surface area contributed by atoms with Crippen molar-refractivity contribution in [2.75, 3.05) is 32.8 Å². The molecule has 0 unspecified atom stereocenters. The Labute approximate surface area is 228 Å². The fraction of sp³-hybridized carbons (Fsp3) is 0.633. The second kappa shape index (κ2) is 13.3. The number of carbonyl (C=O) groups excluding carboxylic acids is 3. The van der Waals surface area contributed by atoms with Gasteiger partial charge in [0.15, 0.2) is 0 Å². The number of benzene rings is 1. The molecule has 1 saturated heterocycles. The third kappa shape index (κ3) is 7.37. The van der Waals surface area contributed by atoms with Crippen molar-refractivity contribution < 1.29 is 19.1 Å². The maximum Gasteiger partial charge on any atom is 0.255 e. The van der Waals surface area contributed by atoms with Gasteiger partial charge in [-0.15, -0.1) is 0 Å². The van der Waals surface area contributed by atoms with Gasteiger partial charge >= 0.3 is 0 Å². The molecule has 3 rings (SSSR count). The van der Waals surface area contributed by atoms with Crippen molar-refractivity contribution in [3.8, 4) is 5.75 Å². The zero-order valence-corrected chi connectivity index (χ0v) is 24.0. The molecular formula is C30H46N4O4. The number of para-hydroxylation sites is 1. The molecule has 0 aliphatic carbocycles. The fourth-order valence-corrected chi connectivity index (χ4v) is 5.43. The Kier molecular flexibility index (Phi) is 10.4. The molecule has 0 aromatic heterocycles. The molecule has 1 spiro atoms. The van der Waals surface area contributed by atoms with Gasteiger partial charge in [0.2, 0.25) is 11.8 Å². The Morgan fingerprint density at radius 3 is 2.34 bits per heavy atom. The predicted molar refractivity (Wildman–Crippen MR) is 150 cm³/mol. The topological polar surface area (TPSA) is 91.0 Å². The average molecular weight is 527 g/mol. The Morgan fingerprint density at radius 2 is 1.71 bits per heavy atom. The molecule has 8 nitrogen and oxygen atoms in total. The van der Waals surface area contributed by atoms with Crippen LogP contribution in [0.1, 0.15) is 71.2 Å². The van der Waals surface area contributed by atoms with Crippen LogP contribution in [0, 0.1) is 11.3 Å². The first-order valence-corrected chi connectivity index (χ1v) is 14.0. The number of piperidine rings is 1. The van der Waals surface area contributed by atoms with Crippen molar-refractivity contribution in [2.24, 2.45) is 11.3 Å². The van der Waals surface area contributed by atoms with E-state index in [1.54, 1.807) is 12.1 Å². The first-order chi connectivity index (χ1) is 18.0. The van der Waals surface area contributed by atoms with Gasteiger partial charge in [0.25, 0.3) is 5.91 Å². The van der Waals surface area contributed by atoms with Gasteiger partial charge in [-0.25, -0.2) is 0 Å². The smallest absolute Gasteiger partial charge is 0.255 e. The summed E-state index contributed by atoms with van der Waals surface area (Å²) >= 11 is 0. The standard InChI is InChI=1S/C30H46N4O4/c1-21(2)25-20-38-26-12-8-7-11-24(26)28(36)31-16-10-9-13-30(29(37)32-25)14-17-33(18-15-30)19-27(35)34(22(3)4)23(5)6/h7-12,21-23,25H,13-20H2,1-6H3,(H,31,36)(H,32,37)/b10-9+/t25-/m0/s1. The van der Waals surface area contributed by atoms with E-state index in [-0.39, 0.29) is 48.4 Å². The van der Waals surface area contributed by atoms with Gasteiger partial charge in [0, 0.05) is 18.6 Å². The van der Waals surface area contributed by atoms with Gasteiger partial charge in [-0.1, -0.05) is 38.1 Å². The Hall–Kier alpha value is -2.87. The number of carbonyl (C=O) groups is 3. The van der Waals surface area contributed by atoms with E-state index in [9.17, 15) is 14.4 Å². The molecule has 1 aromatic carbocycles. The van der Waals surface area contributed by atoms with E-state index in [0.717, 1.165) is 0 Å². The molecule has 2 aliphatic rings. The van der Waals surface area contributed by atoms with Crippen LogP contribution in [0.3, 0.4) is 0 Å². The van der Waals surface area contributed by atoms with Crippen LogP contribution < -0.4 is 15.4 Å². The molecule has 0 saturated carbocycles. The zero-order valence-electron chi connectivity index (χ0n) is 24.0. The van der Waals surface area contributed by atoms with E-state index in [4.69, 9.17) is 4.74 Å². The fourth-order valence-electron chi connectivity index (χ4n) is 5.43. The molecule has 1 fully saturated rings. The van der Waals surface area contributed by atoms with Gasteiger partial charge in [0.1, 0.15) is 12.4 Å². The van der Waals surface area contributed by atoms with Crippen LogP contribution in [0.2, 0.25) is 0 Å². The summed E-state index contributed by atoms with van der Waals surface area (Å²) in [5.41, 5.74) is -0.0796. The SMILES string of the molecule is CC(C)[C@@H]1COc2ccccc2C(=O)NC/C=C/CC2(CCN(CC(=O)N(C(C)C)C(C)C)CC2)C(=O)N1. The lowest BCUT2D eigenvalue weighted by atomic mass is 9.74. The number of likely N-dealkylation sites (tertiary alicyclic amines) is 1. The summed E-state index contributed by atoms with van der Waals surface area (Å²) in [6.07, 6.45) is 5.85. The van der Waals surface area contributed by atoms with Crippen molar-refractivity contribution in [3.05, 3.63) is 42.0 Å². The van der Waals surface area contributed by atoms with E-state index in [1.807, 2.05) is 56.9 Å². The molecular weight excluding hydrogens is 480 g/mol. The van der Waals surface area contributed by atoms with Crippen molar-refractivity contribution in [2.45, 2.75) is 78.9 Å². The minimum atomic E-state index is -0.564. The molecule has 3 amide bonds. The predicted octanol–water partition coefficient (Wildman–Crippen LogP) is 3.62. The van der Waals surface area contributed by atoms with Crippen LogP contribution >= 0.6 is 0 Å². The maximum atomic E-state index is 13.8. The number of hydrogen-bond acceptors (Lipinski definition) is 5. The number of amides is 3. The number of fused-ring (bicyclic) bond motifs is 1. The highest BCUT2D eigenvalue weighted by molar-refractivity contribution is 5.97. The number of rotatable bonds is 5. The van der Waals surface area contributed by atoms with E-state index >= 15 is 0 Å². The van der Waals surface area contributed by atoms with Crippen LogP contribution in [0.5, 0.6) is 5.75 Å². The molecule has 2 aliphatic heterocycles. The molecule has 2 heterocycles. The number of allylic oxidation sites excluding steroid dienone is 1. The minimum Gasteiger partial charge on any atom is -0.491 e. The van der Waals surface area contributed by atoms with Gasteiger partial charge < -0.3 is 20.3 Å². The number of ether oxygens (including phenoxy) is 1. The molecule has 38 heavy (non-hydrogen) atoms. The van der Waals surface area contributed by atoms with Crippen LogP contribution in [0.25, 0.3) is 0 Å². The van der Waals surface area contributed by atoms with Crippen LogP contribution in [-0.4, -0.2) is 78.4 Å². The molecule has 0 radical (unpaired) electrons. The summed E-state index contributed by atoms with van der Waals surface area (Å²) in [7, 11) is 0. The summed E-state index contributed by atoms with van der Waals surface area (Å²) in [6.45, 7) is 14.7. The highest BCUT2D eigenvalue weighted by Gasteiger charge is 2.42. The molecule has 1 aromatic rings. The Bertz CT molecular complexity index is 988. The van der Waals surface area contributed by atoms with Crippen molar-refractivity contribution >= 4 is 17.7 Å². The molecule has 2 N–H and O–H groups in total. The average Bonchev–Trinajstić information content (AvgIpc) is 2.86. The monoisotopic (exact) mass is 526 g/mol. The minimum absolute atomic E-state index is 0.0378. The number of nitrogens with zero attached hydrogens (tertiary/aromatic N) is 2. The van der Waals surface area contributed by atoms with Crippen molar-refractivity contribution in [3.63, 3.8) is 0 Å². The second-order valence-electron chi connectivity index (χ2n) is 11.6. The number of hydrogen-bond donors (Lipinski definition) is 2. The largest absolute Gasteiger partial charge is 0.491 e. The maximum absolute atomic E-state index is 13.8. The summed E-state index contributed by atoms with van der Waals surface area (Å²) in [6, 6.07) is 7.29. The highest BCUT2D eigenvalue weighted by atomic mass is 16.5. The lowest BCUT2D eigenvalue weighted by molar-refractivity contribution is -0.138. The van der Waals surface area contributed by atoms with Gasteiger partial charge in [-0.2, -0.15) is 0 Å². The lowest BCUT2D eigenvalue weighted by Gasteiger charge is -2.42. The lowest BCUT2D eigenvalue weighted by Crippen LogP contribution is -2.54. The van der Waals surface area contributed by atoms with Gasteiger partial charge in [0.05, 0.1) is 23.6 Å². The first kappa shape index (κ1) is 29.7. The quantitative estimate of drug-likeness (QED) is 0.572. The summed E-state index contributed by atoms with van der Waals surface area (Å²) in [5, 5.41) is 6.21. The third-order valence-corrected chi connectivity index (χ3v) is 7.78. The molecule has 0 bridgehead atoms. The normalized spacial score (nSPS) is 21.9. The van der Waals surface area contributed by atoms with Gasteiger partial charge in [-0.3, -0.25) is 19.3 Å². The number of nitrogens with one attached hydrogen (secondary N) is 2. The molecule has 8 heteroatoms. The summed E-state index contributed by atoms with van der Waals surface area (Å²) in [5.74, 6) is 0.647. The van der Waals surface area contributed by atoms with Crippen LogP contribution in [0.15, 0.2) is 36.4 Å². The van der Waals surface area contributed by atoms with Crippen LogP contribution in [0.4, 0.5) is 0 Å². The van der Waals surface area contributed by atoms with E-state index < -0.39 is 5.41 Å². The highest BCUT2D eigenvalue weighted by Crippen LogP contribution is 2.36. The second-order valence-corrected chi connectivity index (χ2v) is 11.6.